The van der Waals surface area contributed by atoms with E-state index < -0.39 is 12.6 Å². The molecule has 4 heteroatoms. The van der Waals surface area contributed by atoms with Crippen molar-refractivity contribution in [2.45, 2.75) is 39.0 Å². The number of ether oxygens (including phenoxy) is 1. The number of hydrogen-bond donors (Lipinski definition) is 0. The standard InChI is InChI=1S/C14H17F3O/c1-13(2,3)18-12-9-5-4-7-11(12)8-6-10-14(15,16)17/h4-9H,10H2,1-3H3. The molecule has 0 aromatic heterocycles. The van der Waals surface area contributed by atoms with Crippen LogP contribution >= 0.6 is 0 Å². The van der Waals surface area contributed by atoms with Crippen molar-refractivity contribution in [3.63, 3.8) is 0 Å². The highest BCUT2D eigenvalue weighted by molar-refractivity contribution is 5.57. The van der Waals surface area contributed by atoms with Crippen LogP contribution in [-0.4, -0.2) is 11.8 Å². The molecule has 0 spiro atoms. The third-order valence-electron chi connectivity index (χ3n) is 1.98. The van der Waals surface area contributed by atoms with Crippen molar-refractivity contribution in [2.75, 3.05) is 0 Å². The molecule has 0 N–H and O–H groups in total. The second kappa shape index (κ2) is 5.46. The summed E-state index contributed by atoms with van der Waals surface area (Å²) in [5.41, 5.74) is 0.269. The molecule has 100 valence electrons. The molecular weight excluding hydrogens is 241 g/mol. The molecule has 0 saturated heterocycles. The van der Waals surface area contributed by atoms with Gasteiger partial charge in [-0.05, 0) is 26.8 Å². The summed E-state index contributed by atoms with van der Waals surface area (Å²) >= 11 is 0. The summed E-state index contributed by atoms with van der Waals surface area (Å²) in [5.74, 6) is 0.587. The monoisotopic (exact) mass is 258 g/mol. The first-order valence-electron chi connectivity index (χ1n) is 5.69. The van der Waals surface area contributed by atoms with Crippen LogP contribution in [0.2, 0.25) is 0 Å². The Kier molecular flexibility index (Phi) is 4.43. The molecule has 0 aliphatic heterocycles. The Labute approximate surface area is 105 Å². The Morgan fingerprint density at radius 1 is 1.11 bits per heavy atom. The molecule has 0 bridgehead atoms. The first-order valence-corrected chi connectivity index (χ1v) is 5.69. The molecular formula is C14H17F3O. The van der Waals surface area contributed by atoms with Gasteiger partial charge in [-0.2, -0.15) is 13.2 Å². The number of hydrogen-bond acceptors (Lipinski definition) is 1. The smallest absolute Gasteiger partial charge is 0.392 e. The molecule has 18 heavy (non-hydrogen) atoms. The molecule has 1 aromatic carbocycles. The maximum atomic E-state index is 12.0. The van der Waals surface area contributed by atoms with Crippen LogP contribution in [0, 0.1) is 0 Å². The molecule has 0 heterocycles. The van der Waals surface area contributed by atoms with E-state index in [1.54, 1.807) is 24.3 Å². The highest BCUT2D eigenvalue weighted by atomic mass is 19.4. The predicted octanol–water partition coefficient (Wildman–Crippen LogP) is 4.83. The Morgan fingerprint density at radius 3 is 2.28 bits per heavy atom. The second-order valence-electron chi connectivity index (χ2n) is 4.97. The van der Waals surface area contributed by atoms with Gasteiger partial charge in [0.25, 0.3) is 0 Å². The van der Waals surface area contributed by atoms with Crippen LogP contribution in [0.5, 0.6) is 5.75 Å². The van der Waals surface area contributed by atoms with Crippen LogP contribution in [0.15, 0.2) is 30.3 Å². The maximum absolute atomic E-state index is 12.0. The summed E-state index contributed by atoms with van der Waals surface area (Å²) in [4.78, 5) is 0. The minimum atomic E-state index is -4.17. The lowest BCUT2D eigenvalue weighted by Gasteiger charge is -2.22. The average molecular weight is 258 g/mol. The third kappa shape index (κ3) is 5.75. The van der Waals surface area contributed by atoms with Crippen LogP contribution in [-0.2, 0) is 0 Å². The molecule has 0 atom stereocenters. The molecule has 0 unspecified atom stereocenters. The number of halogens is 3. The van der Waals surface area contributed by atoms with Crippen molar-refractivity contribution in [3.05, 3.63) is 35.9 Å². The number of rotatable bonds is 3. The SMILES string of the molecule is CC(C)(C)Oc1ccccc1C=CCC(F)(F)F. The quantitative estimate of drug-likeness (QED) is 0.754. The summed E-state index contributed by atoms with van der Waals surface area (Å²) in [6, 6.07) is 7.04. The van der Waals surface area contributed by atoms with E-state index in [-0.39, 0.29) is 5.60 Å². The van der Waals surface area contributed by atoms with Crippen LogP contribution in [0.1, 0.15) is 32.8 Å². The van der Waals surface area contributed by atoms with E-state index in [0.29, 0.717) is 11.3 Å². The van der Waals surface area contributed by atoms with Gasteiger partial charge in [-0.25, -0.2) is 0 Å². The highest BCUT2D eigenvalue weighted by Gasteiger charge is 2.24. The fourth-order valence-electron chi connectivity index (χ4n) is 1.36. The van der Waals surface area contributed by atoms with Gasteiger partial charge in [0.15, 0.2) is 0 Å². The normalized spacial score (nSPS) is 13.0. The van der Waals surface area contributed by atoms with Gasteiger partial charge in [0.05, 0.1) is 6.42 Å². The lowest BCUT2D eigenvalue weighted by Crippen LogP contribution is -2.23. The number of benzene rings is 1. The minimum Gasteiger partial charge on any atom is -0.488 e. The number of alkyl halides is 3. The van der Waals surface area contributed by atoms with E-state index in [1.165, 1.54) is 6.08 Å². The summed E-state index contributed by atoms with van der Waals surface area (Å²) in [6.45, 7) is 5.68. The van der Waals surface area contributed by atoms with E-state index in [1.807, 2.05) is 20.8 Å². The lowest BCUT2D eigenvalue weighted by atomic mass is 10.1. The molecule has 0 aliphatic rings. The largest absolute Gasteiger partial charge is 0.488 e. The van der Waals surface area contributed by atoms with Crippen molar-refractivity contribution >= 4 is 6.08 Å². The zero-order chi connectivity index (χ0) is 13.8. The summed E-state index contributed by atoms with van der Waals surface area (Å²) in [6.07, 6.45) is -2.56. The molecule has 1 aromatic rings. The zero-order valence-electron chi connectivity index (χ0n) is 10.7. The summed E-state index contributed by atoms with van der Waals surface area (Å²) in [7, 11) is 0. The molecule has 0 saturated carbocycles. The predicted molar refractivity (Wildman–Crippen MR) is 66.5 cm³/mol. The van der Waals surface area contributed by atoms with Gasteiger partial charge >= 0.3 is 6.18 Å². The van der Waals surface area contributed by atoms with Gasteiger partial charge in [-0.15, -0.1) is 0 Å². The van der Waals surface area contributed by atoms with Crippen molar-refractivity contribution in [2.24, 2.45) is 0 Å². The Bertz CT molecular complexity index is 414. The molecule has 0 radical (unpaired) electrons. The minimum absolute atomic E-state index is 0.381. The molecule has 0 amide bonds. The fraction of sp³-hybridized carbons (Fsp3) is 0.429. The van der Waals surface area contributed by atoms with E-state index in [4.69, 9.17) is 4.74 Å². The van der Waals surface area contributed by atoms with Gasteiger partial charge in [0.2, 0.25) is 0 Å². The number of allylic oxidation sites excluding steroid dienone is 1. The van der Waals surface area contributed by atoms with Crippen molar-refractivity contribution in [1.29, 1.82) is 0 Å². The highest BCUT2D eigenvalue weighted by Crippen LogP contribution is 2.26. The molecule has 0 aliphatic carbocycles. The Morgan fingerprint density at radius 2 is 1.72 bits per heavy atom. The second-order valence-corrected chi connectivity index (χ2v) is 4.97. The lowest BCUT2D eigenvalue weighted by molar-refractivity contribution is -0.124. The van der Waals surface area contributed by atoms with E-state index in [2.05, 4.69) is 0 Å². The van der Waals surface area contributed by atoms with E-state index >= 15 is 0 Å². The van der Waals surface area contributed by atoms with Crippen molar-refractivity contribution in [1.82, 2.24) is 0 Å². The van der Waals surface area contributed by atoms with E-state index in [0.717, 1.165) is 6.08 Å². The summed E-state index contributed by atoms with van der Waals surface area (Å²) in [5, 5.41) is 0. The number of para-hydroxylation sites is 1. The first-order chi connectivity index (χ1) is 8.17. The van der Waals surface area contributed by atoms with Gasteiger partial charge in [-0.1, -0.05) is 30.4 Å². The molecule has 1 rings (SSSR count). The topological polar surface area (TPSA) is 9.23 Å². The van der Waals surface area contributed by atoms with Gasteiger partial charge in [0.1, 0.15) is 11.4 Å². The van der Waals surface area contributed by atoms with Crippen LogP contribution in [0.25, 0.3) is 6.08 Å². The zero-order valence-corrected chi connectivity index (χ0v) is 10.7. The van der Waals surface area contributed by atoms with Crippen LogP contribution in [0.4, 0.5) is 13.2 Å². The van der Waals surface area contributed by atoms with Gasteiger partial charge in [0, 0.05) is 5.56 Å². The van der Waals surface area contributed by atoms with Crippen LogP contribution in [0.3, 0.4) is 0 Å². The van der Waals surface area contributed by atoms with Crippen LogP contribution < -0.4 is 4.74 Å². The first kappa shape index (κ1) is 14.6. The Balaban J connectivity index is 2.83. The van der Waals surface area contributed by atoms with Crippen molar-refractivity contribution in [3.8, 4) is 5.75 Å². The maximum Gasteiger partial charge on any atom is 0.392 e. The van der Waals surface area contributed by atoms with Gasteiger partial charge in [-0.3, -0.25) is 0 Å². The van der Waals surface area contributed by atoms with Gasteiger partial charge < -0.3 is 4.74 Å². The average Bonchev–Trinajstić information content (AvgIpc) is 2.16. The van der Waals surface area contributed by atoms with Crippen molar-refractivity contribution < 1.29 is 17.9 Å². The third-order valence-corrected chi connectivity index (χ3v) is 1.98. The summed E-state index contributed by atoms with van der Waals surface area (Å²) < 4.78 is 41.8. The molecule has 0 fully saturated rings. The fourth-order valence-corrected chi connectivity index (χ4v) is 1.36. The Hall–Kier alpha value is -1.45. The molecule has 1 nitrogen and oxygen atoms in total. The van der Waals surface area contributed by atoms with E-state index in [9.17, 15) is 13.2 Å².